The second-order valence-electron chi connectivity index (χ2n) is 1.86. The number of esters is 1. The fourth-order valence-electron chi connectivity index (χ4n) is 0.351. The van der Waals surface area contributed by atoms with Gasteiger partial charge in [-0.25, -0.2) is 0 Å². The molecule has 0 rings (SSSR count). The van der Waals surface area contributed by atoms with Gasteiger partial charge in [-0.05, 0) is 6.92 Å². The van der Waals surface area contributed by atoms with Crippen molar-refractivity contribution >= 4 is 18.4 Å². The Balaban J connectivity index is -0.000000173. The monoisotopic (exact) mass is 214 g/mol. The standard InChI is InChI=1S/C5H11NO2.C2H7NO.ClH/c1-2-8-5(7)3-4-6;3-1-2-4;/h2-4,6H2,1H3;4H,1-3H2;1H. The first-order valence-electron chi connectivity index (χ1n) is 3.89. The third kappa shape index (κ3) is 24.5. The lowest BCUT2D eigenvalue weighted by Crippen LogP contribution is -2.10. The van der Waals surface area contributed by atoms with Crippen LogP contribution in [0.1, 0.15) is 13.3 Å². The molecule has 0 spiro atoms. The summed E-state index contributed by atoms with van der Waals surface area (Å²) >= 11 is 0. The van der Waals surface area contributed by atoms with Crippen LogP contribution in [0, 0.1) is 0 Å². The van der Waals surface area contributed by atoms with Gasteiger partial charge in [0.25, 0.3) is 0 Å². The number of aliphatic hydroxyl groups excluding tert-OH is 1. The molecular formula is C7H19ClN2O3. The van der Waals surface area contributed by atoms with E-state index in [4.69, 9.17) is 16.6 Å². The molecular weight excluding hydrogens is 196 g/mol. The van der Waals surface area contributed by atoms with Crippen molar-refractivity contribution in [3.8, 4) is 0 Å². The topological polar surface area (TPSA) is 98.6 Å². The van der Waals surface area contributed by atoms with Crippen molar-refractivity contribution in [2.45, 2.75) is 13.3 Å². The minimum Gasteiger partial charge on any atom is -0.466 e. The zero-order valence-corrected chi connectivity index (χ0v) is 8.68. The lowest BCUT2D eigenvalue weighted by atomic mass is 10.4. The highest BCUT2D eigenvalue weighted by molar-refractivity contribution is 5.85. The summed E-state index contributed by atoms with van der Waals surface area (Å²) in [4.78, 5) is 10.3. The molecule has 0 unspecified atom stereocenters. The number of ether oxygens (including phenoxy) is 1. The first-order chi connectivity index (χ1) is 5.72. The van der Waals surface area contributed by atoms with E-state index in [-0.39, 0.29) is 25.0 Å². The van der Waals surface area contributed by atoms with Gasteiger partial charge in [-0.15, -0.1) is 12.4 Å². The molecule has 13 heavy (non-hydrogen) atoms. The lowest BCUT2D eigenvalue weighted by Gasteiger charge is -1.96. The summed E-state index contributed by atoms with van der Waals surface area (Å²) in [6.45, 7) is 3.06. The molecule has 0 atom stereocenters. The van der Waals surface area contributed by atoms with Gasteiger partial charge >= 0.3 is 5.97 Å². The van der Waals surface area contributed by atoms with Crippen LogP contribution in [0.5, 0.6) is 0 Å². The van der Waals surface area contributed by atoms with E-state index in [2.05, 4.69) is 4.74 Å². The van der Waals surface area contributed by atoms with Crippen molar-refractivity contribution in [1.82, 2.24) is 0 Å². The molecule has 0 aromatic carbocycles. The van der Waals surface area contributed by atoms with Crippen LogP contribution in [0.4, 0.5) is 0 Å². The van der Waals surface area contributed by atoms with E-state index in [9.17, 15) is 4.79 Å². The molecule has 0 amide bonds. The molecule has 0 aromatic heterocycles. The second kappa shape index (κ2) is 17.7. The average Bonchev–Trinajstić information content (AvgIpc) is 2.06. The van der Waals surface area contributed by atoms with Crippen molar-refractivity contribution in [2.24, 2.45) is 11.5 Å². The van der Waals surface area contributed by atoms with Crippen molar-refractivity contribution in [1.29, 1.82) is 0 Å². The summed E-state index contributed by atoms with van der Waals surface area (Å²) in [5.41, 5.74) is 9.84. The van der Waals surface area contributed by atoms with Gasteiger partial charge in [0.05, 0.1) is 19.6 Å². The van der Waals surface area contributed by atoms with Crippen LogP contribution in [0.25, 0.3) is 0 Å². The Kier molecular flexibility index (Phi) is 25.0. The molecule has 0 saturated carbocycles. The molecule has 0 radical (unpaired) electrons. The molecule has 5 N–H and O–H groups in total. The van der Waals surface area contributed by atoms with Crippen LogP contribution in [0.2, 0.25) is 0 Å². The normalized spacial score (nSPS) is 7.69. The van der Waals surface area contributed by atoms with Gasteiger partial charge in [-0.3, -0.25) is 4.79 Å². The van der Waals surface area contributed by atoms with Gasteiger partial charge in [0.1, 0.15) is 0 Å². The highest BCUT2D eigenvalue weighted by Gasteiger charge is 1.95. The summed E-state index contributed by atoms with van der Waals surface area (Å²) in [7, 11) is 0. The van der Waals surface area contributed by atoms with Crippen LogP contribution in [-0.2, 0) is 9.53 Å². The Hall–Kier alpha value is -0.360. The van der Waals surface area contributed by atoms with E-state index >= 15 is 0 Å². The molecule has 0 heterocycles. The average molecular weight is 215 g/mol. The Morgan fingerprint density at radius 1 is 1.38 bits per heavy atom. The van der Waals surface area contributed by atoms with Crippen molar-refractivity contribution in [3.63, 3.8) is 0 Å². The molecule has 0 fully saturated rings. The predicted molar refractivity (Wildman–Crippen MR) is 53.7 cm³/mol. The van der Waals surface area contributed by atoms with Crippen molar-refractivity contribution < 1.29 is 14.6 Å². The van der Waals surface area contributed by atoms with Gasteiger partial charge < -0.3 is 21.3 Å². The van der Waals surface area contributed by atoms with Gasteiger partial charge in [0.15, 0.2) is 0 Å². The summed E-state index contributed by atoms with van der Waals surface area (Å²) in [6.07, 6.45) is 0.327. The molecule has 0 saturated heterocycles. The minimum atomic E-state index is -0.213. The van der Waals surface area contributed by atoms with Crippen LogP contribution >= 0.6 is 12.4 Å². The van der Waals surface area contributed by atoms with E-state index in [0.29, 0.717) is 26.1 Å². The molecule has 0 aromatic rings. The zero-order chi connectivity index (χ0) is 9.82. The van der Waals surface area contributed by atoms with Crippen LogP contribution in [0.3, 0.4) is 0 Å². The Labute approximate surface area is 84.8 Å². The summed E-state index contributed by atoms with van der Waals surface area (Å²) < 4.78 is 4.56. The number of carbonyl (C=O) groups excluding carboxylic acids is 1. The van der Waals surface area contributed by atoms with Crippen molar-refractivity contribution in [2.75, 3.05) is 26.3 Å². The Bertz CT molecular complexity index is 93.7. The van der Waals surface area contributed by atoms with Crippen molar-refractivity contribution in [3.05, 3.63) is 0 Å². The molecule has 0 bridgehead atoms. The molecule has 0 aliphatic rings. The SMILES string of the molecule is CCOC(=O)CCN.Cl.NCCO. The molecule has 0 aliphatic heterocycles. The van der Waals surface area contributed by atoms with Gasteiger partial charge in [-0.1, -0.05) is 0 Å². The number of aliphatic hydroxyl groups is 1. The van der Waals surface area contributed by atoms with E-state index in [0.717, 1.165) is 0 Å². The van der Waals surface area contributed by atoms with Gasteiger partial charge in [-0.2, -0.15) is 0 Å². The third-order valence-electron chi connectivity index (χ3n) is 0.783. The highest BCUT2D eigenvalue weighted by atomic mass is 35.5. The Morgan fingerprint density at radius 2 is 1.85 bits per heavy atom. The second-order valence-corrected chi connectivity index (χ2v) is 1.86. The number of hydrogen-bond acceptors (Lipinski definition) is 5. The van der Waals surface area contributed by atoms with E-state index in [1.165, 1.54) is 0 Å². The van der Waals surface area contributed by atoms with E-state index in [1.54, 1.807) is 6.92 Å². The van der Waals surface area contributed by atoms with Crippen LogP contribution in [-0.4, -0.2) is 37.4 Å². The van der Waals surface area contributed by atoms with Crippen LogP contribution in [0.15, 0.2) is 0 Å². The minimum absolute atomic E-state index is 0. The summed E-state index contributed by atoms with van der Waals surface area (Å²) in [5.74, 6) is -0.213. The number of hydrogen-bond donors (Lipinski definition) is 3. The number of nitrogens with two attached hydrogens (primary N) is 2. The molecule has 82 valence electrons. The maximum Gasteiger partial charge on any atom is 0.307 e. The van der Waals surface area contributed by atoms with E-state index in [1.807, 2.05) is 0 Å². The smallest absolute Gasteiger partial charge is 0.307 e. The summed E-state index contributed by atoms with van der Waals surface area (Å²) in [6, 6.07) is 0. The number of halogens is 1. The third-order valence-corrected chi connectivity index (χ3v) is 0.783. The molecule has 5 nitrogen and oxygen atoms in total. The number of rotatable bonds is 4. The molecule has 0 aliphatic carbocycles. The fraction of sp³-hybridized carbons (Fsp3) is 0.857. The maximum absolute atomic E-state index is 10.3. The fourth-order valence-corrected chi connectivity index (χ4v) is 0.351. The zero-order valence-electron chi connectivity index (χ0n) is 7.86. The first kappa shape index (κ1) is 18.4. The predicted octanol–water partition coefficient (Wildman–Crippen LogP) is -0.742. The first-order valence-corrected chi connectivity index (χ1v) is 3.89. The van der Waals surface area contributed by atoms with Gasteiger partial charge in [0, 0.05) is 13.1 Å². The quantitative estimate of drug-likeness (QED) is 0.536. The lowest BCUT2D eigenvalue weighted by molar-refractivity contribution is -0.142. The Morgan fingerprint density at radius 3 is 2.08 bits per heavy atom. The maximum atomic E-state index is 10.3. The largest absolute Gasteiger partial charge is 0.466 e. The highest BCUT2D eigenvalue weighted by Crippen LogP contribution is 1.80. The van der Waals surface area contributed by atoms with Crippen LogP contribution < -0.4 is 11.5 Å². The summed E-state index contributed by atoms with van der Waals surface area (Å²) in [5, 5.41) is 7.75. The van der Waals surface area contributed by atoms with E-state index < -0.39 is 0 Å². The van der Waals surface area contributed by atoms with Gasteiger partial charge in [0.2, 0.25) is 0 Å². The molecule has 6 heteroatoms. The number of carbonyl (C=O) groups is 1.